The van der Waals surface area contributed by atoms with Gasteiger partial charge in [-0.05, 0) is 38.5 Å². The van der Waals surface area contributed by atoms with E-state index in [4.69, 9.17) is 9.15 Å². The summed E-state index contributed by atoms with van der Waals surface area (Å²) in [6.45, 7) is 9.28. The summed E-state index contributed by atoms with van der Waals surface area (Å²) in [5.41, 5.74) is 2.92. The average molecular weight is 353 g/mol. The first-order chi connectivity index (χ1) is 12.6. The van der Waals surface area contributed by atoms with Crippen molar-refractivity contribution < 1.29 is 9.15 Å². The molecule has 0 spiro atoms. The van der Waals surface area contributed by atoms with Gasteiger partial charge in [0, 0.05) is 38.6 Å². The van der Waals surface area contributed by atoms with Gasteiger partial charge >= 0.3 is 0 Å². The molecule has 0 amide bonds. The highest BCUT2D eigenvalue weighted by Crippen LogP contribution is 2.27. The number of oxazole rings is 1. The smallest absolute Gasteiger partial charge is 0.298 e. The zero-order chi connectivity index (χ0) is 18.1. The molecule has 2 aromatic heterocycles. The van der Waals surface area contributed by atoms with Gasteiger partial charge in [0.05, 0.1) is 6.10 Å². The number of benzene rings is 1. The lowest BCUT2D eigenvalue weighted by Crippen LogP contribution is -2.47. The molecule has 4 rings (SSSR count). The molecule has 26 heavy (non-hydrogen) atoms. The van der Waals surface area contributed by atoms with Crippen LogP contribution in [0, 0.1) is 6.92 Å². The van der Waals surface area contributed by atoms with E-state index in [1.165, 1.54) is 5.56 Å². The van der Waals surface area contributed by atoms with Gasteiger partial charge in [-0.15, -0.1) is 0 Å². The third-order valence-corrected chi connectivity index (χ3v) is 4.38. The van der Waals surface area contributed by atoms with E-state index in [1.807, 2.05) is 32.0 Å². The predicted molar refractivity (Wildman–Crippen MR) is 101 cm³/mol. The molecule has 0 saturated carbocycles. The zero-order valence-corrected chi connectivity index (χ0v) is 15.3. The second kappa shape index (κ2) is 6.82. The Morgan fingerprint density at radius 3 is 2.54 bits per heavy atom. The van der Waals surface area contributed by atoms with E-state index in [1.54, 1.807) is 12.4 Å². The Labute approximate surface area is 152 Å². The van der Waals surface area contributed by atoms with E-state index in [2.05, 4.69) is 31.7 Å². The molecule has 136 valence electrons. The van der Waals surface area contributed by atoms with Gasteiger partial charge in [-0.1, -0.05) is 6.07 Å². The van der Waals surface area contributed by atoms with Gasteiger partial charge in [0.1, 0.15) is 5.52 Å². The van der Waals surface area contributed by atoms with E-state index in [9.17, 15) is 0 Å². The lowest BCUT2D eigenvalue weighted by molar-refractivity contribution is 0.232. The maximum Gasteiger partial charge on any atom is 0.298 e. The molecule has 0 bridgehead atoms. The minimum absolute atomic E-state index is 0.0648. The summed E-state index contributed by atoms with van der Waals surface area (Å²) in [5, 5.41) is 0. The summed E-state index contributed by atoms with van der Waals surface area (Å²) >= 11 is 0. The fourth-order valence-electron chi connectivity index (χ4n) is 3.11. The van der Waals surface area contributed by atoms with E-state index < -0.39 is 0 Å². The maximum atomic E-state index is 5.92. The van der Waals surface area contributed by atoms with Crippen LogP contribution in [0.1, 0.15) is 19.4 Å². The van der Waals surface area contributed by atoms with Crippen LogP contribution in [0.4, 0.5) is 11.8 Å². The van der Waals surface area contributed by atoms with Gasteiger partial charge in [0.25, 0.3) is 11.9 Å². The van der Waals surface area contributed by atoms with Gasteiger partial charge in [-0.2, -0.15) is 4.98 Å². The highest BCUT2D eigenvalue weighted by Gasteiger charge is 2.24. The van der Waals surface area contributed by atoms with Gasteiger partial charge in [-0.25, -0.2) is 9.97 Å². The number of rotatable bonds is 4. The second-order valence-corrected chi connectivity index (χ2v) is 6.79. The molecule has 0 unspecified atom stereocenters. The number of nitrogens with zero attached hydrogens (tertiary/aromatic N) is 5. The number of anilines is 2. The summed E-state index contributed by atoms with van der Waals surface area (Å²) in [4.78, 5) is 17.8. The maximum absolute atomic E-state index is 5.92. The molecule has 0 atom stereocenters. The lowest BCUT2D eigenvalue weighted by atomic mass is 10.2. The molecule has 0 N–H and O–H groups in total. The highest BCUT2D eigenvalue weighted by atomic mass is 16.5. The number of aromatic nitrogens is 3. The summed E-state index contributed by atoms with van der Waals surface area (Å²) < 4.78 is 11.7. The number of piperazine rings is 1. The summed E-state index contributed by atoms with van der Waals surface area (Å²) in [5.74, 6) is 1.39. The normalized spacial score (nSPS) is 15.1. The molecule has 7 nitrogen and oxygen atoms in total. The van der Waals surface area contributed by atoms with Crippen molar-refractivity contribution in [3.63, 3.8) is 0 Å². The van der Waals surface area contributed by atoms with Crippen LogP contribution in [0.25, 0.3) is 11.1 Å². The van der Waals surface area contributed by atoms with Gasteiger partial charge < -0.3 is 19.0 Å². The Bertz CT molecular complexity index is 900. The van der Waals surface area contributed by atoms with Gasteiger partial charge in [0.2, 0.25) is 0 Å². The molecule has 0 aliphatic carbocycles. The SMILES string of the molecule is Cc1ccc2oc(N3CCN(c4nccnc4OC(C)C)CC3)nc2c1. The molecule has 1 aliphatic rings. The standard InChI is InChI=1S/C19H23N5O2/c1-13(2)25-18-17(20-6-7-21-18)23-8-10-24(11-9-23)19-22-15-12-14(3)4-5-16(15)26-19/h4-7,12-13H,8-11H2,1-3H3. The van der Waals surface area contributed by atoms with Crippen LogP contribution in [-0.4, -0.2) is 47.2 Å². The lowest BCUT2D eigenvalue weighted by Gasteiger charge is -2.34. The molecule has 1 saturated heterocycles. The second-order valence-electron chi connectivity index (χ2n) is 6.79. The number of hydrogen-bond acceptors (Lipinski definition) is 7. The minimum atomic E-state index is 0.0648. The number of hydrogen-bond donors (Lipinski definition) is 0. The number of fused-ring (bicyclic) bond motifs is 1. The topological polar surface area (TPSA) is 67.5 Å². The van der Waals surface area contributed by atoms with E-state index in [0.29, 0.717) is 11.9 Å². The summed E-state index contributed by atoms with van der Waals surface area (Å²) in [6.07, 6.45) is 3.44. The van der Waals surface area contributed by atoms with Crippen molar-refractivity contribution >= 4 is 22.9 Å². The predicted octanol–water partition coefficient (Wildman–Crippen LogP) is 3.04. The fraction of sp³-hybridized carbons (Fsp3) is 0.421. The van der Waals surface area contributed by atoms with Crippen LogP contribution in [0.3, 0.4) is 0 Å². The van der Waals surface area contributed by atoms with Crippen LogP contribution in [-0.2, 0) is 0 Å². The molecular weight excluding hydrogens is 330 g/mol. The van der Waals surface area contributed by atoms with E-state index in [-0.39, 0.29) is 6.10 Å². The first-order valence-electron chi connectivity index (χ1n) is 8.95. The first-order valence-corrected chi connectivity index (χ1v) is 8.95. The molecule has 1 aromatic carbocycles. The molecule has 1 fully saturated rings. The van der Waals surface area contributed by atoms with Crippen molar-refractivity contribution in [2.75, 3.05) is 36.0 Å². The Balaban J connectivity index is 1.48. The van der Waals surface area contributed by atoms with E-state index >= 15 is 0 Å². The highest BCUT2D eigenvalue weighted by molar-refractivity contribution is 5.75. The van der Waals surface area contributed by atoms with Crippen molar-refractivity contribution in [2.24, 2.45) is 0 Å². The quantitative estimate of drug-likeness (QED) is 0.714. The third kappa shape index (κ3) is 3.29. The Kier molecular flexibility index (Phi) is 4.36. The van der Waals surface area contributed by atoms with Gasteiger partial charge in [0.15, 0.2) is 11.4 Å². The van der Waals surface area contributed by atoms with Crippen molar-refractivity contribution in [1.29, 1.82) is 0 Å². The van der Waals surface area contributed by atoms with Crippen molar-refractivity contribution in [3.05, 3.63) is 36.2 Å². The Morgan fingerprint density at radius 1 is 1.04 bits per heavy atom. The summed E-state index contributed by atoms with van der Waals surface area (Å²) in [6, 6.07) is 6.75. The monoisotopic (exact) mass is 353 g/mol. The van der Waals surface area contributed by atoms with Gasteiger partial charge in [-0.3, -0.25) is 0 Å². The first kappa shape index (κ1) is 16.6. The molecule has 0 radical (unpaired) electrons. The molecular formula is C19H23N5O2. The Hall–Kier alpha value is -2.83. The zero-order valence-electron chi connectivity index (χ0n) is 15.3. The average Bonchev–Trinajstić information content (AvgIpc) is 3.05. The molecule has 7 heteroatoms. The van der Waals surface area contributed by atoms with E-state index in [0.717, 1.165) is 43.1 Å². The van der Waals surface area contributed by atoms with Crippen LogP contribution in [0.5, 0.6) is 5.88 Å². The third-order valence-electron chi connectivity index (χ3n) is 4.38. The molecule has 3 heterocycles. The van der Waals surface area contributed by atoms with Crippen molar-refractivity contribution in [3.8, 4) is 5.88 Å². The van der Waals surface area contributed by atoms with Crippen molar-refractivity contribution in [1.82, 2.24) is 15.0 Å². The van der Waals surface area contributed by atoms with Crippen LogP contribution < -0.4 is 14.5 Å². The largest absolute Gasteiger partial charge is 0.472 e. The van der Waals surface area contributed by atoms with Crippen molar-refractivity contribution in [2.45, 2.75) is 26.9 Å². The van der Waals surface area contributed by atoms with Crippen LogP contribution in [0.2, 0.25) is 0 Å². The number of ether oxygens (including phenoxy) is 1. The van der Waals surface area contributed by atoms with Crippen LogP contribution in [0.15, 0.2) is 35.0 Å². The fourth-order valence-corrected chi connectivity index (χ4v) is 3.11. The summed E-state index contributed by atoms with van der Waals surface area (Å²) in [7, 11) is 0. The minimum Gasteiger partial charge on any atom is -0.472 e. The van der Waals surface area contributed by atoms with Crippen LogP contribution >= 0.6 is 0 Å². The molecule has 1 aliphatic heterocycles. The Morgan fingerprint density at radius 2 is 1.77 bits per heavy atom. The number of aryl methyl sites for hydroxylation is 1. The molecule has 3 aromatic rings.